The van der Waals surface area contributed by atoms with Crippen LogP contribution in [-0.4, -0.2) is 110 Å². The van der Waals surface area contributed by atoms with Gasteiger partial charge in [0.2, 0.25) is 5.91 Å². The fourth-order valence-corrected chi connectivity index (χ4v) is 7.08. The van der Waals surface area contributed by atoms with Gasteiger partial charge < -0.3 is 50.5 Å². The zero-order chi connectivity index (χ0) is 39.8. The number of aliphatic hydroxyl groups excluding tert-OH is 7. The number of aliphatic hydroxyl groups is 7. The number of ether oxygens (including phenoxy) is 2. The SMILES string of the molecule is CCCCCCCC/C=C\CCCCCCCC[C@@H](O)[C@@H](O)[C@H](CO[C@@H]1O[C@H](CO)[C@@H](O)[C@H](O)[C@H]1O)NC(=O)[C@H](O)CCCCCCCCCCCCC. The van der Waals surface area contributed by atoms with Crippen molar-refractivity contribution in [3.63, 3.8) is 0 Å². The Balaban J connectivity index is 2.49. The molecule has 0 unspecified atom stereocenters. The molecule has 0 radical (unpaired) electrons. The third-order valence-corrected chi connectivity index (χ3v) is 10.8. The molecule has 54 heavy (non-hydrogen) atoms. The average Bonchev–Trinajstić information content (AvgIpc) is 3.17. The molecule has 1 rings (SSSR count). The van der Waals surface area contributed by atoms with Crippen LogP contribution in [0.1, 0.15) is 187 Å². The average molecular weight is 774 g/mol. The highest BCUT2D eigenvalue weighted by Crippen LogP contribution is 2.23. The van der Waals surface area contributed by atoms with Crippen molar-refractivity contribution < 1.29 is 50.0 Å². The molecule has 1 aliphatic heterocycles. The number of hydrogen-bond donors (Lipinski definition) is 8. The molecule has 0 aromatic heterocycles. The van der Waals surface area contributed by atoms with E-state index in [1.807, 2.05) is 0 Å². The van der Waals surface area contributed by atoms with Crippen molar-refractivity contribution in [2.75, 3.05) is 13.2 Å². The third kappa shape index (κ3) is 23.8. The first-order chi connectivity index (χ1) is 26.2. The molecular weight excluding hydrogens is 690 g/mol. The van der Waals surface area contributed by atoms with Gasteiger partial charge in [-0.05, 0) is 38.5 Å². The predicted octanol–water partition coefficient (Wildman–Crippen LogP) is 6.50. The van der Waals surface area contributed by atoms with Crippen LogP contribution in [0.3, 0.4) is 0 Å². The van der Waals surface area contributed by atoms with E-state index in [9.17, 15) is 40.5 Å². The second-order valence-electron chi connectivity index (χ2n) is 15.8. The number of allylic oxidation sites excluding steroid dienone is 2. The van der Waals surface area contributed by atoms with E-state index in [1.165, 1.54) is 89.9 Å². The predicted molar refractivity (Wildman–Crippen MR) is 215 cm³/mol. The lowest BCUT2D eigenvalue weighted by Gasteiger charge is -2.40. The number of hydrogen-bond acceptors (Lipinski definition) is 10. The Morgan fingerprint density at radius 3 is 1.56 bits per heavy atom. The number of amides is 1. The monoisotopic (exact) mass is 774 g/mol. The van der Waals surface area contributed by atoms with Crippen LogP contribution in [0.15, 0.2) is 12.2 Å². The topological polar surface area (TPSA) is 189 Å². The molecule has 0 aromatic rings. The number of unbranched alkanes of at least 4 members (excludes halogenated alkanes) is 22. The smallest absolute Gasteiger partial charge is 0.249 e. The summed E-state index contributed by atoms with van der Waals surface area (Å²) < 4.78 is 11.1. The van der Waals surface area contributed by atoms with Gasteiger partial charge in [0, 0.05) is 0 Å². The van der Waals surface area contributed by atoms with Crippen LogP contribution in [0.2, 0.25) is 0 Å². The van der Waals surface area contributed by atoms with Gasteiger partial charge >= 0.3 is 0 Å². The highest BCUT2D eigenvalue weighted by molar-refractivity contribution is 5.80. The van der Waals surface area contributed by atoms with Crippen LogP contribution in [0, 0.1) is 0 Å². The molecule has 0 spiro atoms. The van der Waals surface area contributed by atoms with E-state index in [-0.39, 0.29) is 6.42 Å². The summed E-state index contributed by atoms with van der Waals surface area (Å²) >= 11 is 0. The zero-order valence-electron chi connectivity index (χ0n) is 34.2. The molecule has 11 heteroatoms. The van der Waals surface area contributed by atoms with Gasteiger partial charge in [-0.1, -0.05) is 161 Å². The summed E-state index contributed by atoms with van der Waals surface area (Å²) in [6, 6.07) is -1.17. The van der Waals surface area contributed by atoms with Crippen molar-refractivity contribution in [3.8, 4) is 0 Å². The molecule has 0 saturated carbocycles. The van der Waals surface area contributed by atoms with Gasteiger partial charge in [-0.25, -0.2) is 0 Å². The van der Waals surface area contributed by atoms with E-state index in [1.54, 1.807) is 0 Å². The third-order valence-electron chi connectivity index (χ3n) is 10.8. The Hall–Kier alpha value is -1.15. The van der Waals surface area contributed by atoms with Gasteiger partial charge in [-0.15, -0.1) is 0 Å². The van der Waals surface area contributed by atoms with Gasteiger partial charge in [-0.3, -0.25) is 4.79 Å². The molecule has 1 fully saturated rings. The number of rotatable bonds is 36. The van der Waals surface area contributed by atoms with Gasteiger partial charge in [0.05, 0.1) is 25.4 Å². The zero-order valence-corrected chi connectivity index (χ0v) is 34.2. The van der Waals surface area contributed by atoms with Gasteiger partial charge in [0.15, 0.2) is 6.29 Å². The van der Waals surface area contributed by atoms with Crippen molar-refractivity contribution in [2.24, 2.45) is 0 Å². The van der Waals surface area contributed by atoms with Crippen molar-refractivity contribution in [1.82, 2.24) is 5.32 Å². The molecule has 9 atom stereocenters. The fourth-order valence-electron chi connectivity index (χ4n) is 7.08. The summed E-state index contributed by atoms with van der Waals surface area (Å²) in [4.78, 5) is 13.0. The van der Waals surface area contributed by atoms with Crippen LogP contribution in [-0.2, 0) is 14.3 Å². The lowest BCUT2D eigenvalue weighted by molar-refractivity contribution is -0.303. The van der Waals surface area contributed by atoms with Crippen LogP contribution >= 0.6 is 0 Å². The van der Waals surface area contributed by atoms with Crippen molar-refractivity contribution in [2.45, 2.75) is 242 Å². The molecule has 8 N–H and O–H groups in total. The van der Waals surface area contributed by atoms with E-state index in [2.05, 4.69) is 31.3 Å². The second kappa shape index (κ2) is 33.9. The minimum atomic E-state index is -1.66. The Morgan fingerprint density at radius 1 is 0.630 bits per heavy atom. The van der Waals surface area contributed by atoms with Crippen LogP contribution in [0.5, 0.6) is 0 Å². The van der Waals surface area contributed by atoms with Crippen molar-refractivity contribution in [1.29, 1.82) is 0 Å². The number of carbonyl (C=O) groups excluding carboxylic acids is 1. The minimum absolute atomic E-state index is 0.261. The number of carbonyl (C=O) groups is 1. The molecular formula is C43H83NO10. The molecule has 0 bridgehead atoms. The number of nitrogens with one attached hydrogen (secondary N) is 1. The van der Waals surface area contributed by atoms with E-state index in [4.69, 9.17) is 9.47 Å². The summed E-state index contributed by atoms with van der Waals surface area (Å²) in [6.45, 7) is 3.41. The van der Waals surface area contributed by atoms with Gasteiger partial charge in [0.25, 0.3) is 0 Å². The fraction of sp³-hybridized carbons (Fsp3) is 0.930. The second-order valence-corrected chi connectivity index (χ2v) is 15.8. The molecule has 320 valence electrons. The van der Waals surface area contributed by atoms with Crippen molar-refractivity contribution in [3.05, 3.63) is 12.2 Å². The molecule has 1 heterocycles. The molecule has 0 aliphatic carbocycles. The Morgan fingerprint density at radius 2 is 1.07 bits per heavy atom. The summed E-state index contributed by atoms with van der Waals surface area (Å²) in [5.41, 5.74) is 0. The van der Waals surface area contributed by atoms with E-state index < -0.39 is 74.2 Å². The molecule has 0 aromatic carbocycles. The van der Waals surface area contributed by atoms with Crippen molar-refractivity contribution >= 4 is 5.91 Å². The molecule has 11 nitrogen and oxygen atoms in total. The first-order valence-electron chi connectivity index (χ1n) is 22.1. The van der Waals surface area contributed by atoms with Gasteiger partial charge in [-0.2, -0.15) is 0 Å². The first kappa shape index (κ1) is 50.9. The summed E-state index contributed by atoms with van der Waals surface area (Å²) in [7, 11) is 0. The van der Waals surface area contributed by atoms with Crippen LogP contribution in [0.25, 0.3) is 0 Å². The standard InChI is InChI=1S/C43H83NO10/c1-3-5-7-9-11-13-15-16-17-18-19-21-22-24-26-28-30-35(46)38(48)34(33-53-43-41(51)40(50)39(49)37(32-45)54-43)44-42(52)36(47)31-29-27-25-23-20-14-12-10-8-6-4-2/h16-17,34-41,43,45-51H,3-15,18-33H2,1-2H3,(H,44,52)/b17-16-/t34-,35+,36+,37+,38-,39+,40-,41+,43+/m0/s1. The lowest BCUT2D eigenvalue weighted by Crippen LogP contribution is -2.60. The summed E-state index contributed by atoms with van der Waals surface area (Å²) in [5, 5.41) is 75.5. The molecule has 1 amide bonds. The van der Waals surface area contributed by atoms with E-state index in [0.717, 1.165) is 57.8 Å². The summed E-state index contributed by atoms with van der Waals surface area (Å²) in [6.07, 6.45) is 22.6. The Bertz CT molecular complexity index is 892. The quantitative estimate of drug-likeness (QED) is 0.0258. The van der Waals surface area contributed by atoms with E-state index >= 15 is 0 Å². The minimum Gasteiger partial charge on any atom is -0.394 e. The highest BCUT2D eigenvalue weighted by atomic mass is 16.7. The largest absolute Gasteiger partial charge is 0.394 e. The Kier molecular flexibility index (Phi) is 32.0. The van der Waals surface area contributed by atoms with Crippen LogP contribution in [0.4, 0.5) is 0 Å². The van der Waals surface area contributed by atoms with Gasteiger partial charge in [0.1, 0.15) is 36.6 Å². The van der Waals surface area contributed by atoms with E-state index in [0.29, 0.717) is 19.3 Å². The molecule has 1 saturated heterocycles. The molecule has 1 aliphatic rings. The Labute approximate surface area is 328 Å². The highest BCUT2D eigenvalue weighted by Gasteiger charge is 2.44. The van der Waals surface area contributed by atoms with Crippen LogP contribution < -0.4 is 5.32 Å². The summed E-state index contributed by atoms with van der Waals surface area (Å²) in [5.74, 6) is -0.701. The first-order valence-corrected chi connectivity index (χ1v) is 22.1. The maximum Gasteiger partial charge on any atom is 0.249 e. The lowest BCUT2D eigenvalue weighted by atomic mass is 9.98. The maximum absolute atomic E-state index is 13.0. The normalized spacial score (nSPS) is 22.7. The maximum atomic E-state index is 13.0.